The van der Waals surface area contributed by atoms with E-state index < -0.39 is 30.2 Å². The molecule has 0 bridgehead atoms. The molecule has 0 unspecified atom stereocenters. The van der Waals surface area contributed by atoms with Gasteiger partial charge in [0.25, 0.3) is 11.8 Å². The summed E-state index contributed by atoms with van der Waals surface area (Å²) >= 11 is 0. The van der Waals surface area contributed by atoms with Crippen molar-refractivity contribution in [1.82, 2.24) is 5.32 Å². The van der Waals surface area contributed by atoms with Gasteiger partial charge in [-0.15, -0.1) is 0 Å². The van der Waals surface area contributed by atoms with Crippen molar-refractivity contribution in [2.24, 2.45) is 0 Å². The number of hydrogen-bond donors (Lipinski definition) is 1. The first-order chi connectivity index (χ1) is 13.1. The Bertz CT molecular complexity index is 885. The third-order valence-corrected chi connectivity index (χ3v) is 4.00. The first kappa shape index (κ1) is 21.1. The zero-order chi connectivity index (χ0) is 20.9. The standard InChI is InChI=1S/C21H22FNO5/c1-21(2,3)14-7-5-13(6-8-14)19(25)23-18(24)12-28-20(26)16-10-9-15(27-4)11-17(16)22/h5-11H,12H2,1-4H3,(H,23,24,25). The number of carbonyl (C=O) groups excluding carboxylic acids is 3. The lowest BCUT2D eigenvalue weighted by atomic mass is 9.87. The molecule has 0 aliphatic rings. The second kappa shape index (κ2) is 8.65. The van der Waals surface area contributed by atoms with Crippen molar-refractivity contribution in [2.45, 2.75) is 26.2 Å². The van der Waals surface area contributed by atoms with Crippen LogP contribution in [0.4, 0.5) is 4.39 Å². The second-order valence-electron chi connectivity index (χ2n) is 7.13. The van der Waals surface area contributed by atoms with Crippen LogP contribution in [-0.2, 0) is 14.9 Å². The summed E-state index contributed by atoms with van der Waals surface area (Å²) in [7, 11) is 1.37. The summed E-state index contributed by atoms with van der Waals surface area (Å²) in [5.74, 6) is -3.03. The highest BCUT2D eigenvalue weighted by Gasteiger charge is 2.18. The molecule has 7 heteroatoms. The van der Waals surface area contributed by atoms with Gasteiger partial charge in [0.05, 0.1) is 12.7 Å². The van der Waals surface area contributed by atoms with Crippen LogP contribution in [0.1, 0.15) is 47.1 Å². The molecule has 2 rings (SSSR count). The van der Waals surface area contributed by atoms with E-state index in [1.807, 2.05) is 32.9 Å². The average Bonchev–Trinajstić information content (AvgIpc) is 2.65. The van der Waals surface area contributed by atoms with Crippen LogP contribution in [0.2, 0.25) is 0 Å². The summed E-state index contributed by atoms with van der Waals surface area (Å²) in [6.45, 7) is 5.43. The zero-order valence-corrected chi connectivity index (χ0v) is 16.2. The van der Waals surface area contributed by atoms with E-state index in [2.05, 4.69) is 5.32 Å². The summed E-state index contributed by atoms with van der Waals surface area (Å²) in [6, 6.07) is 10.5. The van der Waals surface area contributed by atoms with Crippen LogP contribution in [0, 0.1) is 5.82 Å². The Morgan fingerprint density at radius 2 is 1.68 bits per heavy atom. The normalized spacial score (nSPS) is 10.9. The smallest absolute Gasteiger partial charge is 0.341 e. The highest BCUT2D eigenvalue weighted by Crippen LogP contribution is 2.22. The van der Waals surface area contributed by atoms with Gasteiger partial charge in [0.2, 0.25) is 0 Å². The van der Waals surface area contributed by atoms with Gasteiger partial charge in [-0.2, -0.15) is 0 Å². The number of hydrogen-bond acceptors (Lipinski definition) is 5. The van der Waals surface area contributed by atoms with Gasteiger partial charge in [0, 0.05) is 11.6 Å². The fraction of sp³-hybridized carbons (Fsp3) is 0.286. The van der Waals surface area contributed by atoms with E-state index in [9.17, 15) is 18.8 Å². The van der Waals surface area contributed by atoms with Crippen LogP contribution in [0.5, 0.6) is 5.75 Å². The van der Waals surface area contributed by atoms with Crippen molar-refractivity contribution in [1.29, 1.82) is 0 Å². The van der Waals surface area contributed by atoms with E-state index in [1.54, 1.807) is 12.1 Å². The second-order valence-corrected chi connectivity index (χ2v) is 7.13. The number of methoxy groups -OCH3 is 1. The SMILES string of the molecule is COc1ccc(C(=O)OCC(=O)NC(=O)c2ccc(C(C)(C)C)cc2)c(F)c1. The van der Waals surface area contributed by atoms with Gasteiger partial charge in [-0.3, -0.25) is 14.9 Å². The monoisotopic (exact) mass is 387 g/mol. The zero-order valence-electron chi connectivity index (χ0n) is 16.2. The number of esters is 1. The molecular weight excluding hydrogens is 365 g/mol. The van der Waals surface area contributed by atoms with Crippen LogP contribution >= 0.6 is 0 Å². The lowest BCUT2D eigenvalue weighted by Crippen LogP contribution is -2.34. The Morgan fingerprint density at radius 3 is 2.21 bits per heavy atom. The Morgan fingerprint density at radius 1 is 1.04 bits per heavy atom. The number of carbonyl (C=O) groups is 3. The predicted molar refractivity (Wildman–Crippen MR) is 101 cm³/mol. The minimum absolute atomic E-state index is 0.0598. The Hall–Kier alpha value is -3.22. The molecule has 0 spiro atoms. The van der Waals surface area contributed by atoms with Crippen molar-refractivity contribution in [3.05, 3.63) is 65.0 Å². The molecule has 6 nitrogen and oxygen atoms in total. The van der Waals surface area contributed by atoms with Crippen molar-refractivity contribution >= 4 is 17.8 Å². The third-order valence-electron chi connectivity index (χ3n) is 4.00. The minimum atomic E-state index is -1.02. The van der Waals surface area contributed by atoms with Crippen LogP contribution < -0.4 is 10.1 Å². The molecule has 148 valence electrons. The van der Waals surface area contributed by atoms with E-state index >= 15 is 0 Å². The number of rotatable bonds is 5. The van der Waals surface area contributed by atoms with E-state index in [0.29, 0.717) is 5.56 Å². The lowest BCUT2D eigenvalue weighted by Gasteiger charge is -2.19. The number of nitrogens with one attached hydrogen (secondary N) is 1. The van der Waals surface area contributed by atoms with Crippen molar-refractivity contribution in [3.63, 3.8) is 0 Å². The first-order valence-electron chi connectivity index (χ1n) is 8.57. The van der Waals surface area contributed by atoms with Crippen molar-refractivity contribution in [3.8, 4) is 5.75 Å². The summed E-state index contributed by atoms with van der Waals surface area (Å²) in [6.07, 6.45) is 0. The maximum absolute atomic E-state index is 13.8. The molecule has 0 atom stereocenters. The van der Waals surface area contributed by atoms with Gasteiger partial charge in [-0.1, -0.05) is 32.9 Å². The number of halogens is 1. The van der Waals surface area contributed by atoms with Crippen LogP contribution in [-0.4, -0.2) is 31.5 Å². The van der Waals surface area contributed by atoms with Crippen LogP contribution in [0.25, 0.3) is 0 Å². The van der Waals surface area contributed by atoms with E-state index in [0.717, 1.165) is 11.6 Å². The molecule has 0 heterocycles. The third kappa shape index (κ3) is 5.39. The van der Waals surface area contributed by atoms with Gasteiger partial charge >= 0.3 is 5.97 Å². The van der Waals surface area contributed by atoms with Gasteiger partial charge in [-0.25, -0.2) is 9.18 Å². The minimum Gasteiger partial charge on any atom is -0.497 e. The molecule has 28 heavy (non-hydrogen) atoms. The van der Waals surface area contributed by atoms with Crippen LogP contribution in [0.3, 0.4) is 0 Å². The fourth-order valence-electron chi connectivity index (χ4n) is 2.35. The van der Waals surface area contributed by atoms with E-state index in [4.69, 9.17) is 9.47 Å². The Kier molecular flexibility index (Phi) is 6.51. The summed E-state index contributed by atoms with van der Waals surface area (Å²) < 4.78 is 23.4. The van der Waals surface area contributed by atoms with Gasteiger partial charge in [-0.05, 0) is 35.2 Å². The maximum atomic E-state index is 13.8. The molecule has 2 aromatic carbocycles. The number of imide groups is 1. The Labute approximate surface area is 162 Å². The number of ether oxygens (including phenoxy) is 2. The highest BCUT2D eigenvalue weighted by molar-refractivity contribution is 6.05. The fourth-order valence-corrected chi connectivity index (χ4v) is 2.35. The molecule has 0 saturated carbocycles. The molecule has 0 aliphatic heterocycles. The summed E-state index contributed by atoms with van der Waals surface area (Å²) in [4.78, 5) is 35.8. The average molecular weight is 387 g/mol. The van der Waals surface area contributed by atoms with Crippen molar-refractivity contribution < 1.29 is 28.2 Å². The van der Waals surface area contributed by atoms with Crippen LogP contribution in [0.15, 0.2) is 42.5 Å². The molecule has 2 amide bonds. The molecule has 0 radical (unpaired) electrons. The van der Waals surface area contributed by atoms with Gasteiger partial charge in [0.15, 0.2) is 6.61 Å². The molecule has 0 aromatic heterocycles. The van der Waals surface area contributed by atoms with E-state index in [1.165, 1.54) is 19.2 Å². The predicted octanol–water partition coefficient (Wildman–Crippen LogP) is 3.25. The molecule has 1 N–H and O–H groups in total. The summed E-state index contributed by atoms with van der Waals surface area (Å²) in [5, 5.41) is 2.13. The Balaban J connectivity index is 1.91. The number of benzene rings is 2. The topological polar surface area (TPSA) is 81.7 Å². The molecule has 2 aromatic rings. The molecule has 0 aliphatic carbocycles. The highest BCUT2D eigenvalue weighted by atomic mass is 19.1. The maximum Gasteiger partial charge on any atom is 0.341 e. The molecule has 0 saturated heterocycles. The summed E-state index contributed by atoms with van der Waals surface area (Å²) in [5.41, 5.74) is 0.952. The number of amides is 2. The quantitative estimate of drug-likeness (QED) is 0.797. The molecular formula is C21H22FNO5. The largest absolute Gasteiger partial charge is 0.497 e. The lowest BCUT2D eigenvalue weighted by molar-refractivity contribution is -0.123. The van der Waals surface area contributed by atoms with Crippen molar-refractivity contribution in [2.75, 3.05) is 13.7 Å². The van der Waals surface area contributed by atoms with Gasteiger partial charge in [0.1, 0.15) is 11.6 Å². The van der Waals surface area contributed by atoms with Gasteiger partial charge < -0.3 is 9.47 Å². The van der Waals surface area contributed by atoms with E-state index in [-0.39, 0.29) is 16.7 Å². The first-order valence-corrected chi connectivity index (χ1v) is 8.57. The molecule has 0 fully saturated rings.